The second-order valence-corrected chi connectivity index (χ2v) is 4.42. The highest BCUT2D eigenvalue weighted by Crippen LogP contribution is 2.32. The zero-order valence-corrected chi connectivity index (χ0v) is 10.8. The van der Waals surface area contributed by atoms with Gasteiger partial charge in [0.25, 0.3) is 0 Å². The molecule has 0 aliphatic carbocycles. The van der Waals surface area contributed by atoms with Gasteiger partial charge in [0.15, 0.2) is 0 Å². The second kappa shape index (κ2) is 5.40. The zero-order valence-electron chi connectivity index (χ0n) is 10.8. The van der Waals surface area contributed by atoms with Crippen molar-refractivity contribution in [2.24, 2.45) is 0 Å². The van der Waals surface area contributed by atoms with Crippen LogP contribution in [0.25, 0.3) is 0 Å². The minimum absolute atomic E-state index is 0.0625. The molecule has 6 heteroatoms. The molecule has 20 heavy (non-hydrogen) atoms. The number of alkyl halides is 3. The van der Waals surface area contributed by atoms with Crippen LogP contribution in [0.1, 0.15) is 17.0 Å². The minimum atomic E-state index is -4.38. The Morgan fingerprint density at radius 3 is 2.55 bits per heavy atom. The highest BCUT2D eigenvalue weighted by Gasteiger charge is 2.30. The number of benzene rings is 1. The summed E-state index contributed by atoms with van der Waals surface area (Å²) in [5, 5.41) is 2.98. The van der Waals surface area contributed by atoms with Gasteiger partial charge in [0.1, 0.15) is 0 Å². The maximum Gasteiger partial charge on any atom is 0.416 e. The van der Waals surface area contributed by atoms with Crippen LogP contribution in [0, 0.1) is 6.92 Å². The lowest BCUT2D eigenvalue weighted by Crippen LogP contribution is -2.08. The third kappa shape index (κ3) is 3.40. The van der Waals surface area contributed by atoms with Gasteiger partial charge in [-0.15, -0.1) is 0 Å². The number of aryl methyl sites for hydroxylation is 1. The Kier molecular flexibility index (Phi) is 3.83. The van der Waals surface area contributed by atoms with E-state index in [2.05, 4.69) is 10.3 Å². The summed E-state index contributed by atoms with van der Waals surface area (Å²) in [5.74, 6) is 0. The fourth-order valence-corrected chi connectivity index (χ4v) is 1.78. The topological polar surface area (TPSA) is 50.9 Å². The Bertz CT molecular complexity index is 609. The van der Waals surface area contributed by atoms with Gasteiger partial charge in [-0.1, -0.05) is 6.07 Å². The van der Waals surface area contributed by atoms with Gasteiger partial charge in [0.2, 0.25) is 0 Å². The van der Waals surface area contributed by atoms with E-state index in [0.717, 1.165) is 23.5 Å². The predicted molar refractivity (Wildman–Crippen MR) is 72.2 cm³/mol. The molecule has 0 unspecified atom stereocenters. The third-order valence-electron chi connectivity index (χ3n) is 2.78. The highest BCUT2D eigenvalue weighted by molar-refractivity contribution is 5.67. The summed E-state index contributed by atoms with van der Waals surface area (Å²) in [6.07, 6.45) is -4.38. The Labute approximate surface area is 114 Å². The van der Waals surface area contributed by atoms with Gasteiger partial charge >= 0.3 is 6.18 Å². The van der Waals surface area contributed by atoms with Crippen molar-refractivity contribution in [1.29, 1.82) is 0 Å². The van der Waals surface area contributed by atoms with E-state index in [0.29, 0.717) is 12.2 Å². The number of nitrogens with one attached hydrogen (secondary N) is 1. The first kappa shape index (κ1) is 14.2. The van der Waals surface area contributed by atoms with Crippen LogP contribution < -0.4 is 11.1 Å². The van der Waals surface area contributed by atoms with Gasteiger partial charge in [0, 0.05) is 5.69 Å². The summed E-state index contributed by atoms with van der Waals surface area (Å²) in [6.45, 7) is 2.27. The first-order valence-electron chi connectivity index (χ1n) is 5.99. The van der Waals surface area contributed by atoms with Crippen molar-refractivity contribution in [2.45, 2.75) is 19.6 Å². The van der Waals surface area contributed by atoms with E-state index in [4.69, 9.17) is 5.73 Å². The van der Waals surface area contributed by atoms with Crippen LogP contribution in [-0.2, 0) is 12.7 Å². The molecule has 0 aliphatic heterocycles. The van der Waals surface area contributed by atoms with E-state index >= 15 is 0 Å². The first-order chi connectivity index (χ1) is 9.36. The molecule has 1 heterocycles. The summed E-state index contributed by atoms with van der Waals surface area (Å²) in [4.78, 5) is 4.29. The van der Waals surface area contributed by atoms with Crippen molar-refractivity contribution >= 4 is 11.4 Å². The van der Waals surface area contributed by atoms with Crippen LogP contribution in [0.5, 0.6) is 0 Å². The molecule has 0 atom stereocenters. The van der Waals surface area contributed by atoms with Gasteiger partial charge < -0.3 is 11.1 Å². The van der Waals surface area contributed by atoms with Crippen LogP contribution in [0.2, 0.25) is 0 Å². The maximum atomic E-state index is 12.5. The Balaban J connectivity index is 2.11. The standard InChI is InChI=1S/C14H14F3N3/c1-9-3-2-4-11(20-9)8-19-13-6-5-10(7-12(13)18)14(15,16)17/h2-7,19H,8,18H2,1H3. The fourth-order valence-electron chi connectivity index (χ4n) is 1.78. The molecule has 1 aromatic heterocycles. The number of nitrogens with two attached hydrogens (primary N) is 1. The minimum Gasteiger partial charge on any atom is -0.397 e. The highest BCUT2D eigenvalue weighted by atomic mass is 19.4. The summed E-state index contributed by atoms with van der Waals surface area (Å²) in [5.41, 5.74) is 7.07. The molecule has 0 fully saturated rings. The first-order valence-corrected chi connectivity index (χ1v) is 5.99. The smallest absolute Gasteiger partial charge is 0.397 e. The van der Waals surface area contributed by atoms with E-state index in [1.54, 1.807) is 0 Å². The lowest BCUT2D eigenvalue weighted by molar-refractivity contribution is -0.137. The van der Waals surface area contributed by atoms with Crippen LogP contribution >= 0.6 is 0 Å². The summed E-state index contributed by atoms with van der Waals surface area (Å²) >= 11 is 0. The van der Waals surface area contributed by atoms with Crippen molar-refractivity contribution in [3.8, 4) is 0 Å². The molecule has 0 bridgehead atoms. The number of rotatable bonds is 3. The number of aromatic nitrogens is 1. The molecule has 2 aromatic rings. The molecule has 0 aliphatic rings. The number of anilines is 2. The van der Waals surface area contributed by atoms with Gasteiger partial charge in [-0.25, -0.2) is 0 Å². The average molecular weight is 281 g/mol. The second-order valence-electron chi connectivity index (χ2n) is 4.42. The van der Waals surface area contributed by atoms with Crippen molar-refractivity contribution in [2.75, 3.05) is 11.1 Å². The van der Waals surface area contributed by atoms with E-state index < -0.39 is 11.7 Å². The Morgan fingerprint density at radius 1 is 1.20 bits per heavy atom. The number of nitrogens with zero attached hydrogens (tertiary/aromatic N) is 1. The molecular formula is C14H14F3N3. The lowest BCUT2D eigenvalue weighted by Gasteiger charge is -2.12. The third-order valence-corrected chi connectivity index (χ3v) is 2.78. The molecule has 0 spiro atoms. The molecule has 0 radical (unpaired) electrons. The maximum absolute atomic E-state index is 12.5. The number of halogens is 3. The van der Waals surface area contributed by atoms with Crippen LogP contribution in [0.15, 0.2) is 36.4 Å². The van der Waals surface area contributed by atoms with E-state index in [-0.39, 0.29) is 5.69 Å². The van der Waals surface area contributed by atoms with Crippen LogP contribution in [-0.4, -0.2) is 4.98 Å². The Morgan fingerprint density at radius 2 is 1.95 bits per heavy atom. The number of nitrogen functional groups attached to an aromatic ring is 1. The monoisotopic (exact) mass is 281 g/mol. The Hall–Kier alpha value is -2.24. The molecule has 3 nitrogen and oxygen atoms in total. The molecule has 0 saturated carbocycles. The average Bonchev–Trinajstić information content (AvgIpc) is 2.36. The summed E-state index contributed by atoms with van der Waals surface area (Å²) in [7, 11) is 0. The number of hydrogen-bond donors (Lipinski definition) is 2. The van der Waals surface area contributed by atoms with E-state index in [1.807, 2.05) is 25.1 Å². The zero-order chi connectivity index (χ0) is 14.8. The van der Waals surface area contributed by atoms with E-state index in [9.17, 15) is 13.2 Å². The van der Waals surface area contributed by atoms with E-state index in [1.165, 1.54) is 6.07 Å². The summed E-state index contributed by atoms with van der Waals surface area (Å²) in [6, 6.07) is 8.83. The normalized spacial score (nSPS) is 11.4. The molecular weight excluding hydrogens is 267 g/mol. The number of hydrogen-bond acceptors (Lipinski definition) is 3. The van der Waals surface area contributed by atoms with Gasteiger partial charge in [-0.3, -0.25) is 4.98 Å². The molecule has 0 saturated heterocycles. The molecule has 2 rings (SSSR count). The van der Waals surface area contributed by atoms with Crippen molar-refractivity contribution in [1.82, 2.24) is 4.98 Å². The molecule has 1 aromatic carbocycles. The fraction of sp³-hybridized carbons (Fsp3) is 0.214. The van der Waals surface area contributed by atoms with Crippen LogP contribution in [0.4, 0.5) is 24.5 Å². The van der Waals surface area contributed by atoms with Crippen molar-refractivity contribution in [3.63, 3.8) is 0 Å². The van der Waals surface area contributed by atoms with Gasteiger partial charge in [-0.05, 0) is 37.3 Å². The quantitative estimate of drug-likeness (QED) is 0.845. The lowest BCUT2D eigenvalue weighted by atomic mass is 10.1. The largest absolute Gasteiger partial charge is 0.416 e. The van der Waals surface area contributed by atoms with Gasteiger partial charge in [0.05, 0.1) is 29.2 Å². The SMILES string of the molecule is Cc1cccc(CNc2ccc(C(F)(F)F)cc2N)n1. The van der Waals surface area contributed by atoms with Crippen molar-refractivity contribution in [3.05, 3.63) is 53.3 Å². The molecule has 106 valence electrons. The summed E-state index contributed by atoms with van der Waals surface area (Å²) < 4.78 is 37.5. The van der Waals surface area contributed by atoms with Crippen LogP contribution in [0.3, 0.4) is 0 Å². The molecule has 3 N–H and O–H groups in total. The predicted octanol–water partition coefficient (Wildman–Crippen LogP) is 3.60. The van der Waals surface area contributed by atoms with Gasteiger partial charge in [-0.2, -0.15) is 13.2 Å². The number of pyridine rings is 1. The van der Waals surface area contributed by atoms with Crippen molar-refractivity contribution < 1.29 is 13.2 Å². The molecule has 0 amide bonds.